The van der Waals surface area contributed by atoms with Gasteiger partial charge in [0.1, 0.15) is 4.88 Å². The number of aryl methyl sites for hydroxylation is 1. The zero-order valence-corrected chi connectivity index (χ0v) is 14.9. The van der Waals surface area contributed by atoms with E-state index in [4.69, 9.17) is 16.3 Å². The highest BCUT2D eigenvalue weighted by Gasteiger charge is 2.21. The maximum Gasteiger partial charge on any atom is 0.351 e. The quantitative estimate of drug-likeness (QED) is 0.477. The van der Waals surface area contributed by atoms with Gasteiger partial charge < -0.3 is 4.74 Å². The van der Waals surface area contributed by atoms with E-state index in [1.54, 1.807) is 24.3 Å². The topological polar surface area (TPSA) is 56.3 Å². The van der Waals surface area contributed by atoms with Gasteiger partial charge >= 0.3 is 5.97 Å². The summed E-state index contributed by atoms with van der Waals surface area (Å²) in [4.78, 5) is 29.4. The summed E-state index contributed by atoms with van der Waals surface area (Å²) < 4.78 is 5.20. The van der Waals surface area contributed by atoms with E-state index >= 15 is 0 Å². The molecule has 0 amide bonds. The summed E-state index contributed by atoms with van der Waals surface area (Å²) in [6, 6.07) is 16.1. The van der Waals surface area contributed by atoms with Crippen molar-refractivity contribution < 1.29 is 14.3 Å². The molecule has 6 heteroatoms. The van der Waals surface area contributed by atoms with Crippen molar-refractivity contribution in [3.63, 3.8) is 0 Å². The summed E-state index contributed by atoms with van der Waals surface area (Å²) in [6.07, 6.45) is 0. The van der Waals surface area contributed by atoms with Gasteiger partial charge in [0.15, 0.2) is 6.61 Å². The summed E-state index contributed by atoms with van der Waals surface area (Å²) in [6.45, 7) is 1.45. The zero-order valence-electron chi connectivity index (χ0n) is 13.4. The molecule has 126 valence electrons. The number of thiazole rings is 1. The Balaban J connectivity index is 1.77. The van der Waals surface area contributed by atoms with Crippen molar-refractivity contribution in [1.29, 1.82) is 0 Å². The van der Waals surface area contributed by atoms with Crippen LogP contribution >= 0.6 is 22.9 Å². The largest absolute Gasteiger partial charge is 0.453 e. The molecule has 3 aromatic rings. The van der Waals surface area contributed by atoms with Gasteiger partial charge in [-0.3, -0.25) is 4.79 Å². The summed E-state index contributed by atoms with van der Waals surface area (Å²) in [5.41, 5.74) is 1.73. The maximum atomic E-state index is 12.4. The number of nitrogens with zero attached hydrogens (tertiary/aromatic N) is 1. The number of Topliss-reactive ketones (excluding diaryl/α,β-unsaturated/α-hetero) is 1. The van der Waals surface area contributed by atoms with Crippen LogP contribution in [0.4, 0.5) is 0 Å². The van der Waals surface area contributed by atoms with Crippen molar-refractivity contribution in [2.75, 3.05) is 6.61 Å². The van der Waals surface area contributed by atoms with E-state index in [9.17, 15) is 9.59 Å². The highest BCUT2D eigenvalue weighted by atomic mass is 35.5. The Bertz CT molecular complexity index is 921. The molecule has 3 rings (SSSR count). The normalized spacial score (nSPS) is 10.5. The molecule has 2 aromatic carbocycles. The Morgan fingerprint density at radius 1 is 1.08 bits per heavy atom. The molecule has 0 atom stereocenters. The van der Waals surface area contributed by atoms with E-state index in [1.807, 2.05) is 37.3 Å². The van der Waals surface area contributed by atoms with Gasteiger partial charge in [0.05, 0.1) is 15.7 Å². The van der Waals surface area contributed by atoms with E-state index in [-0.39, 0.29) is 12.4 Å². The molecule has 0 spiro atoms. The van der Waals surface area contributed by atoms with E-state index in [2.05, 4.69) is 4.98 Å². The predicted molar refractivity (Wildman–Crippen MR) is 98.4 cm³/mol. The Morgan fingerprint density at radius 3 is 2.48 bits per heavy atom. The first-order chi connectivity index (χ1) is 12.1. The van der Waals surface area contributed by atoms with E-state index in [0.29, 0.717) is 21.2 Å². The molecule has 0 radical (unpaired) electrons. The number of aromatic nitrogens is 1. The van der Waals surface area contributed by atoms with Crippen molar-refractivity contribution in [2.45, 2.75) is 6.92 Å². The second kappa shape index (κ2) is 7.59. The summed E-state index contributed by atoms with van der Waals surface area (Å²) in [7, 11) is 0. The zero-order chi connectivity index (χ0) is 17.8. The number of esters is 1. The molecule has 1 heterocycles. The van der Waals surface area contributed by atoms with Crippen molar-refractivity contribution >= 4 is 34.7 Å². The van der Waals surface area contributed by atoms with Crippen LogP contribution in [0.25, 0.3) is 11.3 Å². The second-order valence-corrected chi connectivity index (χ2v) is 6.87. The van der Waals surface area contributed by atoms with Crippen LogP contribution in [0.3, 0.4) is 0 Å². The average Bonchev–Trinajstić information content (AvgIpc) is 3.02. The Kier molecular flexibility index (Phi) is 5.26. The number of rotatable bonds is 5. The van der Waals surface area contributed by atoms with Gasteiger partial charge in [-0.15, -0.1) is 11.3 Å². The monoisotopic (exact) mass is 371 g/mol. The number of hydrogen-bond donors (Lipinski definition) is 0. The minimum atomic E-state index is -0.565. The van der Waals surface area contributed by atoms with Crippen molar-refractivity contribution in [3.8, 4) is 11.3 Å². The molecule has 0 unspecified atom stereocenters. The van der Waals surface area contributed by atoms with Crippen molar-refractivity contribution in [1.82, 2.24) is 4.98 Å². The number of hydrogen-bond acceptors (Lipinski definition) is 5. The number of carbonyl (C=O) groups excluding carboxylic acids is 2. The number of ketones is 1. The van der Waals surface area contributed by atoms with Gasteiger partial charge in [0.25, 0.3) is 0 Å². The summed E-state index contributed by atoms with van der Waals surface area (Å²) in [5.74, 6) is -0.911. The van der Waals surface area contributed by atoms with Crippen LogP contribution in [0.2, 0.25) is 5.02 Å². The number of benzene rings is 2. The van der Waals surface area contributed by atoms with Crippen LogP contribution in [0, 0.1) is 6.92 Å². The first-order valence-electron chi connectivity index (χ1n) is 7.54. The van der Waals surface area contributed by atoms with E-state index < -0.39 is 5.97 Å². The van der Waals surface area contributed by atoms with Gasteiger partial charge in [-0.05, 0) is 19.1 Å². The van der Waals surface area contributed by atoms with Crippen molar-refractivity contribution in [3.05, 3.63) is 75.1 Å². The lowest BCUT2D eigenvalue weighted by atomic mass is 10.1. The molecule has 0 saturated heterocycles. The third-order valence-electron chi connectivity index (χ3n) is 3.48. The van der Waals surface area contributed by atoms with Crippen molar-refractivity contribution in [2.24, 2.45) is 0 Å². The SMILES string of the molecule is Cc1nc(-c2ccccc2)c(C(=O)OCC(=O)c2ccccc2Cl)s1. The van der Waals surface area contributed by atoms with Gasteiger partial charge in [0.2, 0.25) is 5.78 Å². The third-order valence-corrected chi connectivity index (χ3v) is 4.76. The molecule has 4 nitrogen and oxygen atoms in total. The lowest BCUT2D eigenvalue weighted by Gasteiger charge is -2.06. The predicted octanol–water partition coefficient (Wildman–Crippen LogP) is 4.81. The highest BCUT2D eigenvalue weighted by molar-refractivity contribution is 7.14. The van der Waals surface area contributed by atoms with Gasteiger partial charge in [-0.25, -0.2) is 9.78 Å². The fourth-order valence-corrected chi connectivity index (χ4v) is 3.39. The number of ether oxygens (including phenoxy) is 1. The molecule has 0 bridgehead atoms. The number of halogens is 1. The maximum absolute atomic E-state index is 12.4. The fraction of sp³-hybridized carbons (Fsp3) is 0.105. The Hall–Kier alpha value is -2.50. The minimum absolute atomic E-state index is 0.334. The molecule has 0 saturated carbocycles. The molecule has 0 N–H and O–H groups in total. The molecular formula is C19H14ClNO3S. The molecule has 0 fully saturated rings. The lowest BCUT2D eigenvalue weighted by Crippen LogP contribution is -2.14. The van der Waals surface area contributed by atoms with E-state index in [1.165, 1.54) is 11.3 Å². The minimum Gasteiger partial charge on any atom is -0.453 e. The second-order valence-electron chi connectivity index (χ2n) is 5.26. The van der Waals surface area contributed by atoms with Crippen LogP contribution in [-0.4, -0.2) is 23.3 Å². The first kappa shape index (κ1) is 17.3. The van der Waals surface area contributed by atoms with E-state index in [0.717, 1.165) is 10.6 Å². The van der Waals surface area contributed by atoms with Crippen LogP contribution in [0.1, 0.15) is 25.0 Å². The molecule has 0 aliphatic carbocycles. The average molecular weight is 372 g/mol. The van der Waals surface area contributed by atoms with Crippen LogP contribution < -0.4 is 0 Å². The molecule has 1 aromatic heterocycles. The van der Waals surface area contributed by atoms with Crippen LogP contribution in [0.15, 0.2) is 54.6 Å². The smallest absolute Gasteiger partial charge is 0.351 e. The van der Waals surface area contributed by atoms with Gasteiger partial charge in [0, 0.05) is 11.1 Å². The van der Waals surface area contributed by atoms with Crippen LogP contribution in [0.5, 0.6) is 0 Å². The lowest BCUT2D eigenvalue weighted by molar-refractivity contribution is 0.0480. The third kappa shape index (κ3) is 3.95. The molecule has 25 heavy (non-hydrogen) atoms. The summed E-state index contributed by atoms with van der Waals surface area (Å²) in [5, 5.41) is 1.09. The fourth-order valence-electron chi connectivity index (χ4n) is 2.32. The van der Waals surface area contributed by atoms with Crippen LogP contribution in [-0.2, 0) is 4.74 Å². The highest BCUT2D eigenvalue weighted by Crippen LogP contribution is 2.28. The Morgan fingerprint density at radius 2 is 1.76 bits per heavy atom. The number of carbonyl (C=O) groups is 2. The first-order valence-corrected chi connectivity index (χ1v) is 8.73. The standard InChI is InChI=1S/C19H14ClNO3S/c1-12-21-17(13-7-3-2-4-8-13)18(25-12)19(23)24-11-16(22)14-9-5-6-10-15(14)20/h2-10H,11H2,1H3. The Labute approximate surface area is 154 Å². The molecule has 0 aliphatic rings. The molecular weight excluding hydrogens is 358 g/mol. The van der Waals surface area contributed by atoms with Gasteiger partial charge in [-0.1, -0.05) is 54.1 Å². The molecule has 0 aliphatic heterocycles. The van der Waals surface area contributed by atoms with Gasteiger partial charge in [-0.2, -0.15) is 0 Å². The summed E-state index contributed by atoms with van der Waals surface area (Å²) >= 11 is 7.24.